The molecule has 0 aliphatic rings. The van der Waals surface area contributed by atoms with Crippen molar-refractivity contribution in [2.24, 2.45) is 0 Å². The van der Waals surface area contributed by atoms with E-state index in [0.29, 0.717) is 0 Å². The van der Waals surface area contributed by atoms with E-state index in [0.717, 1.165) is 45.2 Å². The number of rotatable bonds is 8. The van der Waals surface area contributed by atoms with Crippen molar-refractivity contribution in [1.29, 1.82) is 0 Å². The van der Waals surface area contributed by atoms with Gasteiger partial charge in [0.05, 0.1) is 11.4 Å². The minimum absolute atomic E-state index is 0.862. The highest BCUT2D eigenvalue weighted by Crippen LogP contribution is 2.47. The Labute approximate surface area is 314 Å². The van der Waals surface area contributed by atoms with Crippen LogP contribution in [0.25, 0.3) is 54.6 Å². The molecule has 0 aliphatic carbocycles. The van der Waals surface area contributed by atoms with Gasteiger partial charge in [-0.3, -0.25) is 9.80 Å². The molecule has 0 unspecified atom stereocenters. The highest BCUT2D eigenvalue weighted by Gasteiger charge is 2.22. The molecule has 0 saturated heterocycles. The largest absolute Gasteiger partial charge is 0.294 e. The monoisotopic (exact) mass is 690 g/mol. The first-order valence-electron chi connectivity index (χ1n) is 18.2. The SMILES string of the molecule is c1ccc(-c2ccc(N(c3ccccn3)c3ccc4ccc5c(N(c6ccc(-c7ccccc7)cc6)c6ccccn6)ccc6ccc3c4c65)cc2)cc1. The van der Waals surface area contributed by atoms with Gasteiger partial charge in [-0.1, -0.05) is 133 Å². The third kappa shape index (κ3) is 5.49. The van der Waals surface area contributed by atoms with E-state index in [1.807, 2.05) is 24.5 Å². The van der Waals surface area contributed by atoms with Gasteiger partial charge in [0.2, 0.25) is 0 Å². The van der Waals surface area contributed by atoms with Gasteiger partial charge in [-0.15, -0.1) is 0 Å². The van der Waals surface area contributed by atoms with E-state index < -0.39 is 0 Å². The minimum atomic E-state index is 0.862. The third-order valence-corrected chi connectivity index (χ3v) is 10.3. The Bertz CT molecular complexity index is 2640. The molecular weight excluding hydrogens is 657 g/mol. The maximum absolute atomic E-state index is 4.86. The Morgan fingerprint density at radius 2 is 0.667 bits per heavy atom. The van der Waals surface area contributed by atoms with Crippen LogP contribution < -0.4 is 9.80 Å². The Morgan fingerprint density at radius 1 is 0.296 bits per heavy atom. The van der Waals surface area contributed by atoms with E-state index in [4.69, 9.17) is 9.97 Å². The van der Waals surface area contributed by atoms with Crippen LogP contribution in [0.15, 0.2) is 207 Å². The molecule has 10 aromatic rings. The summed E-state index contributed by atoms with van der Waals surface area (Å²) in [6.07, 6.45) is 3.73. The Balaban J connectivity index is 1.15. The standard InChI is InChI=1S/C50H34N4/c1-3-11-35(12-4-1)37-17-25-41(26-18-37)53(47-15-7-9-33-51-47)45-31-23-39-22-30-44-46(32-24-40-21-29-43(45)49(39)50(40)44)54(48-16-8-10-34-52-48)42-27-19-38(20-28-42)36-13-5-2-6-14-36/h1-34H. The first-order valence-corrected chi connectivity index (χ1v) is 18.2. The van der Waals surface area contributed by atoms with Crippen molar-refractivity contribution in [2.45, 2.75) is 0 Å². The molecule has 2 heterocycles. The summed E-state index contributed by atoms with van der Waals surface area (Å²) in [5.74, 6) is 1.72. The van der Waals surface area contributed by atoms with Crippen LogP contribution in [0.1, 0.15) is 0 Å². The van der Waals surface area contributed by atoms with Gasteiger partial charge in [0.1, 0.15) is 11.6 Å². The summed E-state index contributed by atoms with van der Waals surface area (Å²) < 4.78 is 0. The molecule has 4 heteroatoms. The number of benzene rings is 8. The van der Waals surface area contributed by atoms with E-state index >= 15 is 0 Å². The van der Waals surface area contributed by atoms with Gasteiger partial charge in [-0.2, -0.15) is 0 Å². The summed E-state index contributed by atoms with van der Waals surface area (Å²) in [5, 5.41) is 7.18. The molecule has 0 bridgehead atoms. The molecule has 0 aliphatic heterocycles. The van der Waals surface area contributed by atoms with E-state index in [2.05, 4.69) is 192 Å². The van der Waals surface area contributed by atoms with E-state index in [-0.39, 0.29) is 0 Å². The highest BCUT2D eigenvalue weighted by atomic mass is 15.2. The molecule has 2 aromatic heterocycles. The second-order valence-electron chi connectivity index (χ2n) is 13.5. The van der Waals surface area contributed by atoms with Gasteiger partial charge in [0.15, 0.2) is 0 Å². The number of hydrogen-bond acceptors (Lipinski definition) is 4. The summed E-state index contributed by atoms with van der Waals surface area (Å²) in [5.41, 5.74) is 8.98. The molecule has 4 nitrogen and oxygen atoms in total. The predicted octanol–water partition coefficient (Wildman–Crippen LogP) is 13.6. The molecule has 8 aromatic carbocycles. The Hall–Kier alpha value is -7.30. The number of aromatic nitrogens is 2. The summed E-state index contributed by atoms with van der Waals surface area (Å²) in [6.45, 7) is 0. The van der Waals surface area contributed by atoms with Crippen LogP contribution in [0, 0.1) is 0 Å². The van der Waals surface area contributed by atoms with Crippen molar-refractivity contribution in [1.82, 2.24) is 9.97 Å². The summed E-state index contributed by atoms with van der Waals surface area (Å²) >= 11 is 0. The Morgan fingerprint density at radius 3 is 1.06 bits per heavy atom. The zero-order valence-corrected chi connectivity index (χ0v) is 29.4. The van der Waals surface area contributed by atoms with Gasteiger partial charge in [-0.05, 0) is 104 Å². The molecule has 10 rings (SSSR count). The molecule has 0 saturated carbocycles. The normalized spacial score (nSPS) is 11.3. The zero-order valence-electron chi connectivity index (χ0n) is 29.4. The average molecular weight is 691 g/mol. The lowest BCUT2D eigenvalue weighted by molar-refractivity contribution is 1.19. The maximum atomic E-state index is 4.86. The van der Waals surface area contributed by atoms with Crippen LogP contribution in [0.3, 0.4) is 0 Å². The van der Waals surface area contributed by atoms with Gasteiger partial charge in [-0.25, -0.2) is 9.97 Å². The van der Waals surface area contributed by atoms with Crippen LogP contribution >= 0.6 is 0 Å². The number of hydrogen-bond donors (Lipinski definition) is 0. The lowest BCUT2D eigenvalue weighted by Crippen LogP contribution is -2.12. The van der Waals surface area contributed by atoms with Gasteiger partial charge < -0.3 is 0 Å². The van der Waals surface area contributed by atoms with Gasteiger partial charge in [0, 0.05) is 34.5 Å². The molecule has 54 heavy (non-hydrogen) atoms. The Kier molecular flexibility index (Phi) is 7.77. The average Bonchev–Trinajstić information content (AvgIpc) is 3.26. The molecule has 0 radical (unpaired) electrons. The first kappa shape index (κ1) is 31.4. The summed E-state index contributed by atoms with van der Waals surface area (Å²) in [6, 6.07) is 68.8. The molecule has 0 N–H and O–H groups in total. The first-order chi connectivity index (χ1) is 26.8. The fourth-order valence-electron chi connectivity index (χ4n) is 7.79. The second-order valence-corrected chi connectivity index (χ2v) is 13.5. The molecule has 254 valence electrons. The second kappa shape index (κ2) is 13.4. The van der Waals surface area contributed by atoms with Crippen molar-refractivity contribution in [2.75, 3.05) is 9.80 Å². The van der Waals surface area contributed by atoms with Crippen molar-refractivity contribution in [3.63, 3.8) is 0 Å². The van der Waals surface area contributed by atoms with Crippen LogP contribution in [0.2, 0.25) is 0 Å². The maximum Gasteiger partial charge on any atom is 0.137 e. The van der Waals surface area contributed by atoms with Crippen LogP contribution in [0.5, 0.6) is 0 Å². The topological polar surface area (TPSA) is 32.3 Å². The predicted molar refractivity (Wildman–Crippen MR) is 226 cm³/mol. The quantitative estimate of drug-likeness (QED) is 0.149. The van der Waals surface area contributed by atoms with E-state index in [1.54, 1.807) is 0 Å². The van der Waals surface area contributed by atoms with Crippen molar-refractivity contribution < 1.29 is 0 Å². The molecule has 0 amide bonds. The lowest BCUT2D eigenvalue weighted by Gasteiger charge is -2.28. The molecule has 0 spiro atoms. The molecule has 0 atom stereocenters. The molecular formula is C50H34N4. The smallest absolute Gasteiger partial charge is 0.137 e. The van der Waals surface area contributed by atoms with Gasteiger partial charge in [0.25, 0.3) is 0 Å². The van der Waals surface area contributed by atoms with E-state index in [1.165, 1.54) is 43.8 Å². The van der Waals surface area contributed by atoms with Gasteiger partial charge >= 0.3 is 0 Å². The van der Waals surface area contributed by atoms with Crippen molar-refractivity contribution in [3.05, 3.63) is 207 Å². The molecule has 0 fully saturated rings. The lowest BCUT2D eigenvalue weighted by atomic mass is 9.92. The van der Waals surface area contributed by atoms with Crippen LogP contribution in [-0.2, 0) is 0 Å². The number of nitrogens with zero attached hydrogens (tertiary/aromatic N) is 4. The van der Waals surface area contributed by atoms with Crippen LogP contribution in [0.4, 0.5) is 34.4 Å². The number of pyridine rings is 2. The fourth-order valence-corrected chi connectivity index (χ4v) is 7.79. The zero-order chi connectivity index (χ0) is 35.8. The van der Waals surface area contributed by atoms with E-state index in [9.17, 15) is 0 Å². The summed E-state index contributed by atoms with van der Waals surface area (Å²) in [4.78, 5) is 14.3. The highest BCUT2D eigenvalue weighted by molar-refractivity contribution is 6.28. The fraction of sp³-hybridized carbons (Fsp3) is 0. The summed E-state index contributed by atoms with van der Waals surface area (Å²) in [7, 11) is 0. The van der Waals surface area contributed by atoms with Crippen LogP contribution in [-0.4, -0.2) is 9.97 Å². The minimum Gasteiger partial charge on any atom is -0.294 e. The number of anilines is 6. The third-order valence-electron chi connectivity index (χ3n) is 10.3. The van der Waals surface area contributed by atoms with Crippen molar-refractivity contribution in [3.8, 4) is 22.3 Å². The van der Waals surface area contributed by atoms with Crippen molar-refractivity contribution >= 4 is 66.7 Å².